The molecule has 1 aliphatic heterocycles. The second kappa shape index (κ2) is 12.7. The van der Waals surface area contributed by atoms with E-state index in [2.05, 4.69) is 19.2 Å². The molecule has 5 rings (SSSR count). The van der Waals surface area contributed by atoms with Gasteiger partial charge in [0, 0.05) is 5.56 Å². The monoisotopic (exact) mass is 578 g/mol. The molecule has 0 radical (unpaired) electrons. The van der Waals surface area contributed by atoms with Gasteiger partial charge in [-0.25, -0.2) is 0 Å². The largest absolute Gasteiger partial charge is 0.496 e. The Labute approximate surface area is 250 Å². The van der Waals surface area contributed by atoms with Gasteiger partial charge in [0.2, 0.25) is 0 Å². The predicted molar refractivity (Wildman–Crippen MR) is 167 cm³/mol. The van der Waals surface area contributed by atoms with E-state index >= 15 is 0 Å². The van der Waals surface area contributed by atoms with Crippen LogP contribution in [-0.2, 0) is 16.2 Å². The number of rotatable bonds is 9. The first-order valence-electron chi connectivity index (χ1n) is 13.5. The summed E-state index contributed by atoms with van der Waals surface area (Å²) in [5.41, 5.74) is 3.10. The van der Waals surface area contributed by atoms with Crippen molar-refractivity contribution in [1.29, 1.82) is 0 Å². The lowest BCUT2D eigenvalue weighted by molar-refractivity contribution is -0.122. The van der Waals surface area contributed by atoms with Crippen LogP contribution in [-0.4, -0.2) is 24.0 Å². The molecule has 1 saturated heterocycles. The van der Waals surface area contributed by atoms with Crippen LogP contribution in [0.2, 0.25) is 0 Å². The molecule has 1 heterocycles. The fraction of sp³-hybridized carbons (Fsp3) is 0.147. The number of nitrogens with zero attached hydrogens (tertiary/aromatic N) is 1. The third-order valence-corrected chi connectivity index (χ3v) is 7.02. The summed E-state index contributed by atoms with van der Waals surface area (Å²) in [7, 11) is 1.58. The highest BCUT2D eigenvalue weighted by Gasteiger charge is 2.34. The number of hydrogen-bond acceptors (Lipinski definition) is 6. The summed E-state index contributed by atoms with van der Waals surface area (Å²) in [4.78, 5) is 27.7. The van der Waals surface area contributed by atoms with E-state index in [1.165, 1.54) is 10.5 Å². The lowest BCUT2D eigenvalue weighted by Crippen LogP contribution is -2.54. The van der Waals surface area contributed by atoms with E-state index < -0.39 is 11.8 Å². The maximum atomic E-state index is 13.5. The first kappa shape index (κ1) is 28.6. The first-order chi connectivity index (χ1) is 20.3. The minimum atomic E-state index is -0.566. The van der Waals surface area contributed by atoms with Crippen molar-refractivity contribution in [2.45, 2.75) is 26.4 Å². The van der Waals surface area contributed by atoms with Crippen LogP contribution in [0.4, 0.5) is 5.69 Å². The van der Waals surface area contributed by atoms with E-state index in [1.54, 1.807) is 49.6 Å². The van der Waals surface area contributed by atoms with Crippen molar-refractivity contribution in [3.05, 3.63) is 119 Å². The van der Waals surface area contributed by atoms with Gasteiger partial charge < -0.3 is 14.2 Å². The molecule has 42 heavy (non-hydrogen) atoms. The van der Waals surface area contributed by atoms with Crippen LogP contribution in [0, 0.1) is 0 Å². The minimum Gasteiger partial charge on any atom is -0.496 e. The van der Waals surface area contributed by atoms with Crippen molar-refractivity contribution in [2.24, 2.45) is 0 Å². The number of ether oxygens (including phenoxy) is 3. The molecular formula is C34H30N2O5S. The third kappa shape index (κ3) is 6.50. The number of anilines is 1. The fourth-order valence-corrected chi connectivity index (χ4v) is 4.74. The molecule has 0 atom stereocenters. The van der Waals surface area contributed by atoms with Crippen molar-refractivity contribution in [1.82, 2.24) is 5.32 Å². The molecule has 212 valence electrons. The molecule has 0 unspecified atom stereocenters. The quantitative estimate of drug-likeness (QED) is 0.131. The molecule has 0 aliphatic carbocycles. The van der Waals surface area contributed by atoms with Crippen molar-refractivity contribution in [3.8, 4) is 23.0 Å². The number of amides is 2. The summed E-state index contributed by atoms with van der Waals surface area (Å²) < 4.78 is 17.4. The second-order valence-electron chi connectivity index (χ2n) is 9.95. The van der Waals surface area contributed by atoms with Gasteiger partial charge in [-0.1, -0.05) is 50.2 Å². The molecule has 4 aromatic carbocycles. The van der Waals surface area contributed by atoms with Crippen molar-refractivity contribution in [2.75, 3.05) is 12.0 Å². The second-order valence-corrected chi connectivity index (χ2v) is 10.3. The van der Waals surface area contributed by atoms with E-state index in [0.717, 1.165) is 11.3 Å². The highest BCUT2D eigenvalue weighted by molar-refractivity contribution is 7.80. The SMILES string of the molecule is COc1ccc(/C=C2\C(=O)NC(=S)N(c3ccc(Oc4ccccc4)cc3)C2=O)cc1COc1ccc(C(C)C)cc1. The average molecular weight is 579 g/mol. The molecule has 1 N–H and O–H groups in total. The zero-order chi connectivity index (χ0) is 29.6. The molecule has 0 spiro atoms. The van der Waals surface area contributed by atoms with Crippen LogP contribution in [0.1, 0.15) is 36.5 Å². The summed E-state index contributed by atoms with van der Waals surface area (Å²) in [6.07, 6.45) is 1.54. The zero-order valence-corrected chi connectivity index (χ0v) is 24.3. The van der Waals surface area contributed by atoms with E-state index in [1.807, 2.05) is 60.7 Å². The number of carbonyl (C=O) groups excluding carboxylic acids is 2. The maximum Gasteiger partial charge on any atom is 0.270 e. The van der Waals surface area contributed by atoms with Crippen molar-refractivity contribution < 1.29 is 23.8 Å². The number of para-hydroxylation sites is 1. The lowest BCUT2D eigenvalue weighted by atomic mass is 10.0. The Bertz CT molecular complexity index is 1630. The average Bonchev–Trinajstić information content (AvgIpc) is 2.99. The van der Waals surface area contributed by atoms with Crippen molar-refractivity contribution >= 4 is 40.9 Å². The number of benzene rings is 4. The summed E-state index contributed by atoms with van der Waals surface area (Å²) in [6.45, 7) is 4.53. The molecule has 4 aromatic rings. The summed E-state index contributed by atoms with van der Waals surface area (Å²) in [5, 5.41) is 2.63. The zero-order valence-electron chi connectivity index (χ0n) is 23.5. The molecule has 8 heteroatoms. The van der Waals surface area contributed by atoms with Crippen LogP contribution in [0.15, 0.2) is 103 Å². The maximum absolute atomic E-state index is 13.5. The molecule has 0 aromatic heterocycles. The third-order valence-electron chi connectivity index (χ3n) is 6.73. The topological polar surface area (TPSA) is 77.1 Å². The number of carbonyl (C=O) groups is 2. The van der Waals surface area contributed by atoms with Gasteiger partial charge in [0.1, 0.15) is 35.2 Å². The Kier molecular flexibility index (Phi) is 8.64. The van der Waals surface area contributed by atoms with Gasteiger partial charge in [0.25, 0.3) is 11.8 Å². The normalized spacial score (nSPS) is 14.2. The summed E-state index contributed by atoms with van der Waals surface area (Å²) in [6, 6.07) is 29.7. The Morgan fingerprint density at radius 2 is 1.52 bits per heavy atom. The van der Waals surface area contributed by atoms with Crippen LogP contribution >= 0.6 is 12.2 Å². The van der Waals surface area contributed by atoms with Crippen LogP contribution in [0.5, 0.6) is 23.0 Å². The summed E-state index contributed by atoms with van der Waals surface area (Å²) >= 11 is 5.36. The van der Waals surface area contributed by atoms with Gasteiger partial charge in [-0.05, 0) is 96.0 Å². The molecule has 2 amide bonds. The number of hydrogen-bond donors (Lipinski definition) is 1. The number of methoxy groups -OCH3 is 1. The highest BCUT2D eigenvalue weighted by Crippen LogP contribution is 2.28. The molecule has 7 nitrogen and oxygen atoms in total. The number of thiocarbonyl (C=S) groups is 1. The molecule has 0 bridgehead atoms. The fourth-order valence-electron chi connectivity index (χ4n) is 4.46. The summed E-state index contributed by atoms with van der Waals surface area (Å²) in [5.74, 6) is 2.00. The standard InChI is InChI=1S/C34H30N2O5S/c1-22(2)24-10-14-27(15-11-24)40-21-25-19-23(9-18-31(25)39-3)20-30-32(37)35-34(42)36(33(30)38)26-12-16-29(17-13-26)41-28-7-5-4-6-8-28/h4-20,22H,21H2,1-3H3,(H,35,37,42)/b30-20+. The van der Waals surface area contributed by atoms with E-state index in [4.69, 9.17) is 26.4 Å². The van der Waals surface area contributed by atoms with Gasteiger partial charge in [-0.15, -0.1) is 0 Å². The molecular weight excluding hydrogens is 548 g/mol. The van der Waals surface area contributed by atoms with Gasteiger partial charge >= 0.3 is 0 Å². The smallest absolute Gasteiger partial charge is 0.270 e. The highest BCUT2D eigenvalue weighted by atomic mass is 32.1. The van der Waals surface area contributed by atoms with Gasteiger partial charge in [0.05, 0.1) is 12.8 Å². The van der Waals surface area contributed by atoms with E-state index in [9.17, 15) is 9.59 Å². The van der Waals surface area contributed by atoms with Crippen LogP contribution in [0.3, 0.4) is 0 Å². The molecule has 0 saturated carbocycles. The lowest BCUT2D eigenvalue weighted by Gasteiger charge is -2.29. The Hall–Kier alpha value is -4.95. The van der Waals surface area contributed by atoms with Crippen LogP contribution in [0.25, 0.3) is 6.08 Å². The van der Waals surface area contributed by atoms with Gasteiger partial charge in [-0.3, -0.25) is 19.8 Å². The molecule has 1 fully saturated rings. The van der Waals surface area contributed by atoms with E-state index in [0.29, 0.717) is 34.4 Å². The van der Waals surface area contributed by atoms with Crippen LogP contribution < -0.4 is 24.4 Å². The first-order valence-corrected chi connectivity index (χ1v) is 13.9. The minimum absolute atomic E-state index is 0.00573. The predicted octanol–water partition coefficient (Wildman–Crippen LogP) is 7.02. The Morgan fingerprint density at radius 3 is 2.19 bits per heavy atom. The van der Waals surface area contributed by atoms with Gasteiger partial charge in [-0.2, -0.15) is 0 Å². The van der Waals surface area contributed by atoms with E-state index in [-0.39, 0.29) is 17.3 Å². The van der Waals surface area contributed by atoms with Crippen molar-refractivity contribution in [3.63, 3.8) is 0 Å². The number of nitrogens with one attached hydrogen (secondary N) is 1. The Morgan fingerprint density at radius 1 is 0.857 bits per heavy atom. The molecule has 1 aliphatic rings. The van der Waals surface area contributed by atoms with Gasteiger partial charge in [0.15, 0.2) is 5.11 Å². The Balaban J connectivity index is 1.35.